The molecule has 1 amide bonds. The number of carbonyl (C=O) groups is 1. The van der Waals surface area contributed by atoms with Crippen molar-refractivity contribution < 1.29 is 13.2 Å². The van der Waals surface area contributed by atoms with Crippen LogP contribution in [-0.2, 0) is 20.6 Å². The van der Waals surface area contributed by atoms with E-state index >= 15 is 0 Å². The predicted octanol–water partition coefficient (Wildman–Crippen LogP) is 0.598. The van der Waals surface area contributed by atoms with Crippen LogP contribution in [0.3, 0.4) is 0 Å². The highest BCUT2D eigenvalue weighted by atomic mass is 32.2. The van der Waals surface area contributed by atoms with Gasteiger partial charge in [-0.15, -0.1) is 0 Å². The molecule has 1 saturated heterocycles. The van der Waals surface area contributed by atoms with Crippen LogP contribution in [0.1, 0.15) is 24.5 Å². The van der Waals surface area contributed by atoms with Gasteiger partial charge in [0.05, 0.1) is 17.4 Å². The van der Waals surface area contributed by atoms with Crippen LogP contribution < -0.4 is 5.32 Å². The van der Waals surface area contributed by atoms with Crippen molar-refractivity contribution >= 4 is 15.9 Å². The minimum absolute atomic E-state index is 0.164. The summed E-state index contributed by atoms with van der Waals surface area (Å²) in [5.74, 6) is -0.408. The van der Waals surface area contributed by atoms with Gasteiger partial charge in [0.2, 0.25) is 15.9 Å². The average molecular weight is 307 g/mol. The van der Waals surface area contributed by atoms with Gasteiger partial charge in [-0.3, -0.25) is 4.79 Å². The van der Waals surface area contributed by atoms with E-state index in [2.05, 4.69) is 5.32 Å². The quantitative estimate of drug-likeness (QED) is 0.882. The maximum atomic E-state index is 12.5. The zero-order chi connectivity index (χ0) is 15.5. The molecule has 0 aromatic heterocycles. The molecule has 1 fully saturated rings. The highest BCUT2D eigenvalue weighted by Crippen LogP contribution is 2.18. The summed E-state index contributed by atoms with van der Waals surface area (Å²) in [7, 11) is -3.56. The van der Waals surface area contributed by atoms with Gasteiger partial charge in [-0.05, 0) is 24.1 Å². The molecule has 21 heavy (non-hydrogen) atoms. The maximum Gasteiger partial charge on any atom is 0.238 e. The Labute approximate surface area is 124 Å². The van der Waals surface area contributed by atoms with Crippen LogP contribution in [0, 0.1) is 11.3 Å². The van der Waals surface area contributed by atoms with Crippen LogP contribution >= 0.6 is 0 Å². The van der Waals surface area contributed by atoms with Crippen molar-refractivity contribution in [3.63, 3.8) is 0 Å². The summed E-state index contributed by atoms with van der Waals surface area (Å²) in [6.45, 7) is 2.42. The highest BCUT2D eigenvalue weighted by Gasteiger charge is 2.36. The fourth-order valence-electron chi connectivity index (χ4n) is 2.38. The Hall–Kier alpha value is -1.91. The molecule has 112 valence electrons. The van der Waals surface area contributed by atoms with Crippen LogP contribution in [0.25, 0.3) is 0 Å². The second-order valence-corrected chi connectivity index (χ2v) is 6.81. The fraction of sp³-hybridized carbons (Fsp3) is 0.429. The van der Waals surface area contributed by atoms with Gasteiger partial charge in [0.15, 0.2) is 0 Å². The number of nitriles is 1. The van der Waals surface area contributed by atoms with E-state index in [-0.39, 0.29) is 11.7 Å². The number of amides is 1. The molecule has 2 rings (SSSR count). The number of piperazine rings is 1. The number of carbonyl (C=O) groups excluding carboxylic acids is 1. The predicted molar refractivity (Wildman–Crippen MR) is 77.6 cm³/mol. The smallest absolute Gasteiger partial charge is 0.238 e. The Morgan fingerprint density at radius 2 is 2.05 bits per heavy atom. The molecule has 0 saturated carbocycles. The molecule has 1 heterocycles. The van der Waals surface area contributed by atoms with Gasteiger partial charge in [-0.2, -0.15) is 9.57 Å². The van der Waals surface area contributed by atoms with E-state index in [1.165, 1.54) is 4.31 Å². The fourth-order valence-corrected chi connectivity index (χ4v) is 4.17. The van der Waals surface area contributed by atoms with E-state index in [1.54, 1.807) is 31.2 Å². The van der Waals surface area contributed by atoms with Gasteiger partial charge in [0, 0.05) is 13.1 Å². The lowest BCUT2D eigenvalue weighted by atomic mass is 10.2. The molecule has 0 aliphatic carbocycles. The molecule has 0 radical (unpaired) electrons. The minimum atomic E-state index is -3.56. The van der Waals surface area contributed by atoms with Crippen LogP contribution in [-0.4, -0.2) is 37.8 Å². The summed E-state index contributed by atoms with van der Waals surface area (Å²) >= 11 is 0. The first-order chi connectivity index (χ1) is 9.97. The third kappa shape index (κ3) is 3.40. The Morgan fingerprint density at radius 3 is 2.62 bits per heavy atom. The van der Waals surface area contributed by atoms with E-state index in [9.17, 15) is 13.2 Å². The van der Waals surface area contributed by atoms with Crippen LogP contribution in [0.5, 0.6) is 0 Å². The van der Waals surface area contributed by atoms with Crippen LogP contribution in [0.2, 0.25) is 0 Å². The van der Waals surface area contributed by atoms with Gasteiger partial charge in [0.25, 0.3) is 0 Å². The van der Waals surface area contributed by atoms with E-state index in [4.69, 9.17) is 5.26 Å². The number of nitrogens with one attached hydrogen (secondary N) is 1. The molecule has 0 bridgehead atoms. The molecular formula is C14H17N3O3S. The van der Waals surface area contributed by atoms with Gasteiger partial charge in [-0.1, -0.05) is 19.1 Å². The number of benzene rings is 1. The second-order valence-electron chi connectivity index (χ2n) is 4.89. The van der Waals surface area contributed by atoms with Crippen molar-refractivity contribution in [1.29, 1.82) is 5.26 Å². The molecule has 0 spiro atoms. The molecule has 1 aliphatic heterocycles. The SMILES string of the molecule is CCC1C(=O)NCCN1S(=O)(=O)Cc1ccc(C#N)cc1. The molecule has 1 atom stereocenters. The van der Waals surface area contributed by atoms with Gasteiger partial charge < -0.3 is 5.32 Å². The van der Waals surface area contributed by atoms with Crippen molar-refractivity contribution in [1.82, 2.24) is 9.62 Å². The lowest BCUT2D eigenvalue weighted by molar-refractivity contribution is -0.126. The largest absolute Gasteiger partial charge is 0.353 e. The zero-order valence-electron chi connectivity index (χ0n) is 11.7. The summed E-state index contributed by atoms with van der Waals surface area (Å²) in [5, 5.41) is 11.4. The summed E-state index contributed by atoms with van der Waals surface area (Å²) in [6.07, 6.45) is 0.443. The van der Waals surface area contributed by atoms with Crippen molar-refractivity contribution in [2.75, 3.05) is 13.1 Å². The molecular weight excluding hydrogens is 290 g/mol. The standard InChI is InChI=1S/C14H17N3O3S/c1-2-13-14(18)16-7-8-17(13)21(19,20)10-12-5-3-11(9-15)4-6-12/h3-6,13H,2,7-8,10H2,1H3,(H,16,18). The number of hydrogen-bond acceptors (Lipinski definition) is 4. The number of hydrogen-bond donors (Lipinski definition) is 1. The third-order valence-corrected chi connectivity index (χ3v) is 5.31. The van der Waals surface area contributed by atoms with Crippen LogP contribution in [0.15, 0.2) is 24.3 Å². The summed E-state index contributed by atoms with van der Waals surface area (Å²) < 4.78 is 26.3. The number of rotatable bonds is 4. The summed E-state index contributed by atoms with van der Waals surface area (Å²) in [4.78, 5) is 11.8. The normalized spacial score (nSPS) is 19.8. The first-order valence-corrected chi connectivity index (χ1v) is 8.35. The molecule has 1 aromatic carbocycles. The monoisotopic (exact) mass is 307 g/mol. The van der Waals surface area contributed by atoms with E-state index in [0.717, 1.165) is 0 Å². The molecule has 1 aliphatic rings. The Morgan fingerprint density at radius 1 is 1.38 bits per heavy atom. The molecule has 6 nitrogen and oxygen atoms in total. The molecule has 7 heteroatoms. The maximum absolute atomic E-state index is 12.5. The summed E-state index contributed by atoms with van der Waals surface area (Å²) in [5.41, 5.74) is 1.09. The topological polar surface area (TPSA) is 90.3 Å². The Balaban J connectivity index is 2.20. The zero-order valence-corrected chi connectivity index (χ0v) is 12.6. The molecule has 1 N–H and O–H groups in total. The first kappa shape index (κ1) is 15.5. The van der Waals surface area contributed by atoms with E-state index in [1.807, 2.05) is 6.07 Å². The van der Waals surface area contributed by atoms with E-state index in [0.29, 0.717) is 30.6 Å². The highest BCUT2D eigenvalue weighted by molar-refractivity contribution is 7.88. The molecule has 1 unspecified atom stereocenters. The number of nitrogens with zero attached hydrogens (tertiary/aromatic N) is 2. The third-order valence-electron chi connectivity index (χ3n) is 3.46. The second kappa shape index (κ2) is 6.24. The van der Waals surface area contributed by atoms with Crippen molar-refractivity contribution in [3.8, 4) is 6.07 Å². The Kier molecular flexibility index (Phi) is 4.60. The van der Waals surface area contributed by atoms with E-state index < -0.39 is 16.1 Å². The summed E-state index contributed by atoms with van der Waals surface area (Å²) in [6, 6.07) is 7.78. The minimum Gasteiger partial charge on any atom is -0.353 e. The average Bonchev–Trinajstić information content (AvgIpc) is 2.47. The first-order valence-electron chi connectivity index (χ1n) is 6.74. The van der Waals surface area contributed by atoms with Crippen molar-refractivity contribution in [2.24, 2.45) is 0 Å². The van der Waals surface area contributed by atoms with Crippen LogP contribution in [0.4, 0.5) is 0 Å². The lowest BCUT2D eigenvalue weighted by Crippen LogP contribution is -2.56. The van der Waals surface area contributed by atoms with Gasteiger partial charge in [0.1, 0.15) is 6.04 Å². The van der Waals surface area contributed by atoms with Gasteiger partial charge in [-0.25, -0.2) is 8.42 Å². The molecule has 1 aromatic rings. The van der Waals surface area contributed by atoms with Crippen molar-refractivity contribution in [2.45, 2.75) is 25.1 Å². The van der Waals surface area contributed by atoms with Crippen molar-refractivity contribution in [3.05, 3.63) is 35.4 Å². The lowest BCUT2D eigenvalue weighted by Gasteiger charge is -2.33. The van der Waals surface area contributed by atoms with Gasteiger partial charge >= 0.3 is 0 Å². The Bertz CT molecular complexity index is 662. The number of sulfonamides is 1.